The summed E-state index contributed by atoms with van der Waals surface area (Å²) < 4.78 is 55.5. The first-order chi connectivity index (χ1) is 52.4. The zero-order valence-electron chi connectivity index (χ0n) is 62.6. The Morgan fingerprint density at radius 1 is 0.569 bits per heavy atom. The number of amides is 4. The summed E-state index contributed by atoms with van der Waals surface area (Å²) in [4.78, 5) is 114. The van der Waals surface area contributed by atoms with Gasteiger partial charge in [-0.1, -0.05) is 85.0 Å². The number of nitrogens with one attached hydrogen (secondary N) is 2. The maximum absolute atomic E-state index is 13.8. The number of likely N-dealkylation sites (tertiary alicyclic amines) is 2. The fraction of sp³-hybridized carbons (Fsp3) is 0.386. The van der Waals surface area contributed by atoms with E-state index >= 15 is 0 Å². The van der Waals surface area contributed by atoms with Gasteiger partial charge in [-0.15, -0.1) is 26.3 Å². The Balaban J connectivity index is 0.000000204. The van der Waals surface area contributed by atoms with Crippen molar-refractivity contribution < 1.29 is 85.9 Å². The minimum absolute atomic E-state index is 0.0647. The first kappa shape index (κ1) is 81.3. The van der Waals surface area contributed by atoms with Gasteiger partial charge in [0.15, 0.2) is 0 Å². The number of nitro groups is 1. The molecule has 0 unspecified atom stereocenters. The molecular formula is C83H95N7O19. The van der Waals surface area contributed by atoms with E-state index < -0.39 is 88.0 Å². The number of non-ortho nitro benzene ring substituents is 1. The molecule has 26 nitrogen and oxygen atoms in total. The molecule has 2 aromatic heterocycles. The number of carbonyl (C=O) groups excluding carboxylic acids is 7. The molecule has 2 N–H and O–H groups in total. The number of methoxy groups -OCH3 is 2. The van der Waals surface area contributed by atoms with Crippen LogP contribution in [0.25, 0.3) is 44.3 Å². The third-order valence-corrected chi connectivity index (χ3v) is 18.5. The number of nitro benzene ring substituents is 1. The van der Waals surface area contributed by atoms with E-state index in [1.54, 1.807) is 67.1 Å². The molecule has 4 fully saturated rings. The van der Waals surface area contributed by atoms with Crippen LogP contribution in [0.4, 0.5) is 20.1 Å². The second kappa shape index (κ2) is 37.6. The number of rotatable bonds is 30. The third-order valence-electron chi connectivity index (χ3n) is 18.5. The highest BCUT2D eigenvalue weighted by molar-refractivity contribution is 5.97. The van der Waals surface area contributed by atoms with E-state index in [2.05, 4.69) is 36.9 Å². The predicted octanol–water partition coefficient (Wildman–Crippen LogP) is 14.6. The largest absolute Gasteiger partial charge is 0.513 e. The van der Waals surface area contributed by atoms with Gasteiger partial charge in [0, 0.05) is 83.0 Å². The zero-order valence-corrected chi connectivity index (χ0v) is 62.6. The molecule has 11 rings (SSSR count). The number of allylic oxidation sites excluding steroid dienone is 2. The van der Waals surface area contributed by atoms with Gasteiger partial charge in [0.05, 0.1) is 81.1 Å². The van der Waals surface area contributed by atoms with Gasteiger partial charge in [0.2, 0.25) is 11.8 Å². The summed E-state index contributed by atoms with van der Waals surface area (Å²) in [6.45, 7) is 24.7. The molecule has 8 atom stereocenters. The molecule has 0 bridgehead atoms. The maximum Gasteiger partial charge on any atom is 0.513 e. The van der Waals surface area contributed by atoms with E-state index in [0.717, 1.165) is 54.0 Å². The van der Waals surface area contributed by atoms with Gasteiger partial charge < -0.3 is 58.0 Å². The first-order valence-electron chi connectivity index (χ1n) is 36.3. The zero-order chi connectivity index (χ0) is 78.4. The van der Waals surface area contributed by atoms with Crippen LogP contribution in [0.15, 0.2) is 184 Å². The normalized spacial score (nSPS) is 20.0. The van der Waals surface area contributed by atoms with Gasteiger partial charge in [0.25, 0.3) is 5.69 Å². The van der Waals surface area contributed by atoms with Crippen molar-refractivity contribution in [3.63, 3.8) is 0 Å². The molecule has 2 aliphatic carbocycles. The van der Waals surface area contributed by atoms with Gasteiger partial charge in [-0.25, -0.2) is 33.9 Å². The summed E-state index contributed by atoms with van der Waals surface area (Å²) in [5.41, 5.74) is 1.36. The highest BCUT2D eigenvalue weighted by atomic mass is 16.7. The highest BCUT2D eigenvalue weighted by Crippen LogP contribution is 2.47. The molecule has 576 valence electrons. The van der Waals surface area contributed by atoms with E-state index in [1.165, 1.54) is 34.1 Å². The van der Waals surface area contributed by atoms with Crippen LogP contribution in [0.1, 0.15) is 98.8 Å². The minimum Gasteiger partial charge on any atom is -0.497 e. The average Bonchev–Trinajstić information content (AvgIpc) is 1.59. The Hall–Kier alpha value is -11.8. The lowest BCUT2D eigenvalue weighted by Crippen LogP contribution is -2.53. The molecular weight excluding hydrogens is 1400 g/mol. The number of aromatic nitrogens is 2. The highest BCUT2D eigenvalue weighted by Gasteiger charge is 2.63. The first-order valence-corrected chi connectivity index (χ1v) is 36.3. The number of benzene rings is 5. The van der Waals surface area contributed by atoms with E-state index in [0.29, 0.717) is 64.7 Å². The lowest BCUT2D eigenvalue weighted by Gasteiger charge is -2.28. The lowest BCUT2D eigenvalue weighted by atomic mass is 10.1. The number of hydrogen-bond acceptors (Lipinski definition) is 21. The van der Waals surface area contributed by atoms with Crippen LogP contribution in [-0.4, -0.2) is 161 Å². The molecule has 2 saturated heterocycles. The van der Waals surface area contributed by atoms with Crippen LogP contribution in [0.3, 0.4) is 0 Å². The van der Waals surface area contributed by atoms with Gasteiger partial charge >= 0.3 is 30.3 Å². The molecule has 2 saturated carbocycles. The van der Waals surface area contributed by atoms with Crippen molar-refractivity contribution in [2.75, 3.05) is 53.7 Å². The molecule has 26 heteroatoms. The molecule has 0 radical (unpaired) electrons. The number of carbonyl (C=O) groups is 7. The Kier molecular flexibility index (Phi) is 28.0. The van der Waals surface area contributed by atoms with Crippen molar-refractivity contribution >= 4 is 69.6 Å². The van der Waals surface area contributed by atoms with Crippen LogP contribution in [-0.2, 0) is 42.9 Å². The van der Waals surface area contributed by atoms with Crippen LogP contribution < -0.4 is 34.3 Å². The van der Waals surface area contributed by atoms with E-state index in [1.807, 2.05) is 115 Å². The number of ether oxygens (including phenoxy) is 10. The quantitative estimate of drug-likeness (QED) is 0.00803. The average molecular weight is 1490 g/mol. The summed E-state index contributed by atoms with van der Waals surface area (Å²) in [5.74, 6) is 0.152. The van der Waals surface area contributed by atoms with Crippen molar-refractivity contribution in [1.29, 1.82) is 0 Å². The summed E-state index contributed by atoms with van der Waals surface area (Å²) in [7, 11) is 3.20. The van der Waals surface area contributed by atoms with Gasteiger partial charge in [-0.3, -0.25) is 29.5 Å². The number of unbranched alkanes of at least 4 members (excludes halogenated alkanes) is 4. The number of fused-ring (bicyclic) bond motifs is 2. The maximum atomic E-state index is 13.8. The van der Waals surface area contributed by atoms with Crippen LogP contribution in [0.5, 0.6) is 28.7 Å². The van der Waals surface area contributed by atoms with E-state index in [-0.39, 0.29) is 75.6 Å². The van der Waals surface area contributed by atoms with Crippen LogP contribution >= 0.6 is 0 Å². The third kappa shape index (κ3) is 21.1. The smallest absolute Gasteiger partial charge is 0.497 e. The number of nitrogens with zero attached hydrogens (tertiary/aromatic N) is 5. The summed E-state index contributed by atoms with van der Waals surface area (Å²) in [6.07, 6.45) is 9.71. The van der Waals surface area contributed by atoms with Gasteiger partial charge in [-0.05, 0) is 122 Å². The monoisotopic (exact) mass is 1490 g/mol. The molecule has 4 aliphatic rings. The van der Waals surface area contributed by atoms with E-state index in [9.17, 15) is 43.7 Å². The summed E-state index contributed by atoms with van der Waals surface area (Å²) in [6, 6.07) is 37.7. The Morgan fingerprint density at radius 3 is 1.39 bits per heavy atom. The van der Waals surface area contributed by atoms with Crippen molar-refractivity contribution in [2.45, 2.75) is 140 Å². The van der Waals surface area contributed by atoms with Gasteiger partial charge in [0.1, 0.15) is 69.7 Å². The number of pyridine rings is 2. The number of hydrogen-bond donors (Lipinski definition) is 2. The standard InChI is InChI=1S/C36H41N3O7.C34H39N3O7.C13H15NO5/c1-5-8-9-13-18-45-35(42)39-23-27(20-31(39)33(40)38-36(22-25(36)6-2)34(41)44-7-3)46-32-21-29(24-14-11-10-12-15-24)37-30-19-26(43-4)16-17-28(30)32;1-7-22-19-34(22,31(39)42-8-2)36-30(38)28-17-24(20-37(28)32(40)44-33(3,4)5)43-29-18-26(21-12-10-9-11-13-21)35-27-16-23(41-6)14-15-25(27)29;1-2-3-4-5-10-18-13(15)19-12-8-6-11(7-9-12)14(16)17/h5-6,10-12,14-17,19,21,25,27,31H,1-2,7-9,13,18,20,22-23H2,3-4H3,(H,38,40);7,9-16,18,22,24,28H,1,8,17,19-20H2,2-6H3,(H,36,38);2,6-9H,1,3-5,10H2/t25-,27-,31+,36-;22-,24-,28+,34-;/m11./s1. The Bertz CT molecular complexity index is 4420. The minimum atomic E-state index is -1.20. The topological polar surface area (TPSA) is 311 Å². The predicted molar refractivity (Wildman–Crippen MR) is 409 cm³/mol. The SMILES string of the molecule is C=CCCCCOC(=O)N1C[C@H](Oc2cc(-c3ccccc3)nc3cc(OC)ccc23)C[C@H]1C(=O)N[C@]1(C(=O)OCC)C[C@H]1C=C.C=CCCCCOC(=O)Oc1ccc([N+](=O)[O-])cc1.C=C[C@@H]1C[C@]1(NC(=O)[C@@H]1C[C@@H](Oc2cc(-c3ccccc3)nc3cc(OC)ccc23)CN1C(=O)OC(C)(C)C)C(=O)OCC. The lowest BCUT2D eigenvalue weighted by molar-refractivity contribution is -0.384. The van der Waals surface area contributed by atoms with Crippen LogP contribution in [0, 0.1) is 22.0 Å². The molecule has 5 aromatic carbocycles. The number of esters is 2. The van der Waals surface area contributed by atoms with Crippen molar-refractivity contribution in [2.24, 2.45) is 11.8 Å². The molecule has 4 heterocycles. The Labute approximate surface area is 633 Å². The fourth-order valence-electron chi connectivity index (χ4n) is 12.7. The van der Waals surface area contributed by atoms with Crippen LogP contribution in [0.2, 0.25) is 0 Å². The second-order valence-corrected chi connectivity index (χ2v) is 27.4. The molecule has 4 amide bonds. The summed E-state index contributed by atoms with van der Waals surface area (Å²) >= 11 is 0. The van der Waals surface area contributed by atoms with E-state index in [4.69, 9.17) is 57.3 Å². The fourth-order valence-corrected chi connectivity index (χ4v) is 12.7. The summed E-state index contributed by atoms with van der Waals surface area (Å²) in [5, 5.41) is 17.7. The molecule has 0 spiro atoms. The molecule has 109 heavy (non-hydrogen) atoms. The van der Waals surface area contributed by atoms with Crippen molar-refractivity contribution in [3.05, 3.63) is 194 Å². The van der Waals surface area contributed by atoms with Crippen molar-refractivity contribution in [1.82, 2.24) is 30.4 Å². The van der Waals surface area contributed by atoms with Gasteiger partial charge in [-0.2, -0.15) is 0 Å². The molecule has 2 aliphatic heterocycles. The Morgan fingerprint density at radius 2 is 1.00 bits per heavy atom. The van der Waals surface area contributed by atoms with Crippen molar-refractivity contribution in [3.8, 4) is 51.3 Å². The molecule has 7 aromatic rings. The second-order valence-electron chi connectivity index (χ2n) is 27.4.